The van der Waals surface area contributed by atoms with Crippen LogP contribution in [0.5, 0.6) is 5.75 Å². The summed E-state index contributed by atoms with van der Waals surface area (Å²) in [4.78, 5) is 4.37. The van der Waals surface area contributed by atoms with E-state index < -0.39 is 12.5 Å². The van der Waals surface area contributed by atoms with E-state index in [4.69, 9.17) is 0 Å². The van der Waals surface area contributed by atoms with Crippen LogP contribution in [0.4, 0.5) is 13.2 Å². The van der Waals surface area contributed by atoms with Crippen LogP contribution in [0.3, 0.4) is 0 Å². The summed E-state index contributed by atoms with van der Waals surface area (Å²) in [6.45, 7) is 2.78. The first-order valence-corrected chi connectivity index (χ1v) is 8.46. The van der Waals surface area contributed by atoms with Crippen molar-refractivity contribution in [3.8, 4) is 5.75 Å². The van der Waals surface area contributed by atoms with Crippen LogP contribution >= 0.6 is 0 Å². The summed E-state index contributed by atoms with van der Waals surface area (Å²) in [5, 5.41) is 16.7. The van der Waals surface area contributed by atoms with Gasteiger partial charge in [-0.1, -0.05) is 25.0 Å². The fraction of sp³-hybridized carbons (Fsp3) is 0.588. The second-order valence-electron chi connectivity index (χ2n) is 5.98. The molecular formula is C17H24F3N3O2. The Morgan fingerprint density at radius 2 is 1.92 bits per heavy atom. The van der Waals surface area contributed by atoms with Crippen LogP contribution in [-0.4, -0.2) is 36.6 Å². The van der Waals surface area contributed by atoms with Gasteiger partial charge in [0.25, 0.3) is 0 Å². The second kappa shape index (κ2) is 8.94. The van der Waals surface area contributed by atoms with Crippen molar-refractivity contribution in [1.29, 1.82) is 0 Å². The van der Waals surface area contributed by atoms with Crippen molar-refractivity contribution in [2.75, 3.05) is 13.1 Å². The third-order valence-electron chi connectivity index (χ3n) is 3.96. The van der Waals surface area contributed by atoms with Gasteiger partial charge in [0.15, 0.2) is 5.96 Å². The molecule has 0 saturated heterocycles. The normalized spacial score (nSPS) is 17.4. The Morgan fingerprint density at radius 3 is 2.48 bits per heavy atom. The van der Waals surface area contributed by atoms with Crippen LogP contribution in [0.15, 0.2) is 29.3 Å². The average molecular weight is 359 g/mol. The Bertz CT molecular complexity index is 555. The topological polar surface area (TPSA) is 65.9 Å². The Morgan fingerprint density at radius 1 is 1.28 bits per heavy atom. The number of ether oxygens (including phenoxy) is 1. The molecule has 0 heterocycles. The highest BCUT2D eigenvalue weighted by Crippen LogP contribution is 2.24. The molecule has 3 N–H and O–H groups in total. The van der Waals surface area contributed by atoms with Gasteiger partial charge in [-0.05, 0) is 37.5 Å². The summed E-state index contributed by atoms with van der Waals surface area (Å²) in [5.41, 5.74) is 0.481. The van der Waals surface area contributed by atoms with Crippen molar-refractivity contribution in [2.45, 2.75) is 51.1 Å². The quantitative estimate of drug-likeness (QED) is 0.539. The third kappa shape index (κ3) is 6.81. The van der Waals surface area contributed by atoms with E-state index in [-0.39, 0.29) is 12.3 Å². The molecule has 0 bridgehead atoms. The van der Waals surface area contributed by atoms with E-state index in [1.165, 1.54) is 37.1 Å². The highest BCUT2D eigenvalue weighted by atomic mass is 19.4. The number of nitrogens with one attached hydrogen (secondary N) is 2. The summed E-state index contributed by atoms with van der Waals surface area (Å²) in [6, 6.07) is 5.56. The van der Waals surface area contributed by atoms with Gasteiger partial charge in [0.05, 0.1) is 12.6 Å². The monoisotopic (exact) mass is 359 g/mol. The number of rotatable bonds is 6. The molecule has 0 amide bonds. The van der Waals surface area contributed by atoms with Gasteiger partial charge in [-0.2, -0.15) is 0 Å². The fourth-order valence-electron chi connectivity index (χ4n) is 2.76. The standard InChI is InChI=1S/C17H24F3N3O2/c1-2-21-16(23-13-5-3-4-6-13)22-11-15(24)12-7-9-14(10-8-12)25-17(18,19)20/h7-10,13,15,24H,2-6,11H2,1H3,(H2,21,22,23). The van der Waals surface area contributed by atoms with Crippen molar-refractivity contribution in [2.24, 2.45) is 4.99 Å². The van der Waals surface area contributed by atoms with E-state index in [0.717, 1.165) is 12.8 Å². The van der Waals surface area contributed by atoms with Gasteiger partial charge >= 0.3 is 6.36 Å². The van der Waals surface area contributed by atoms with Crippen molar-refractivity contribution in [3.63, 3.8) is 0 Å². The predicted octanol–water partition coefficient (Wildman–Crippen LogP) is 3.12. The number of halogens is 3. The summed E-state index contributed by atoms with van der Waals surface area (Å²) < 4.78 is 40.3. The smallest absolute Gasteiger partial charge is 0.406 e. The number of nitrogens with zero attached hydrogens (tertiary/aromatic N) is 1. The molecule has 1 fully saturated rings. The molecule has 8 heteroatoms. The number of hydrogen-bond donors (Lipinski definition) is 3. The number of benzene rings is 1. The lowest BCUT2D eigenvalue weighted by atomic mass is 10.1. The maximum atomic E-state index is 12.1. The van der Waals surface area contributed by atoms with E-state index >= 15 is 0 Å². The first-order valence-electron chi connectivity index (χ1n) is 8.46. The van der Waals surface area contributed by atoms with Crippen LogP contribution in [0.25, 0.3) is 0 Å². The summed E-state index contributed by atoms with van der Waals surface area (Å²) in [7, 11) is 0. The zero-order valence-electron chi connectivity index (χ0n) is 14.1. The molecule has 1 saturated carbocycles. The number of aliphatic imine (C=N–C) groups is 1. The van der Waals surface area contributed by atoms with E-state index in [2.05, 4.69) is 20.4 Å². The number of hydrogen-bond acceptors (Lipinski definition) is 3. The molecule has 1 aliphatic carbocycles. The minimum atomic E-state index is -4.73. The maximum absolute atomic E-state index is 12.1. The SMILES string of the molecule is CCNC(=NCC(O)c1ccc(OC(F)(F)F)cc1)NC1CCCC1. The lowest BCUT2D eigenvalue weighted by molar-refractivity contribution is -0.274. The van der Waals surface area contributed by atoms with Crippen molar-refractivity contribution in [1.82, 2.24) is 10.6 Å². The molecule has 5 nitrogen and oxygen atoms in total. The minimum Gasteiger partial charge on any atom is -0.406 e. The highest BCUT2D eigenvalue weighted by molar-refractivity contribution is 5.80. The number of alkyl halides is 3. The van der Waals surface area contributed by atoms with E-state index in [1.807, 2.05) is 6.92 Å². The van der Waals surface area contributed by atoms with Crippen molar-refractivity contribution in [3.05, 3.63) is 29.8 Å². The van der Waals surface area contributed by atoms with Gasteiger partial charge < -0.3 is 20.5 Å². The largest absolute Gasteiger partial charge is 0.573 e. The molecule has 0 aliphatic heterocycles. The van der Waals surface area contributed by atoms with Gasteiger partial charge in [0.2, 0.25) is 0 Å². The Balaban J connectivity index is 1.92. The average Bonchev–Trinajstić information content (AvgIpc) is 3.05. The zero-order valence-corrected chi connectivity index (χ0v) is 14.1. The molecular weight excluding hydrogens is 335 g/mol. The molecule has 1 unspecified atom stereocenters. The summed E-state index contributed by atoms with van der Waals surface area (Å²) >= 11 is 0. The number of aliphatic hydroxyl groups excluding tert-OH is 1. The van der Waals surface area contributed by atoms with Crippen LogP contribution in [0, 0.1) is 0 Å². The molecule has 0 spiro atoms. The van der Waals surface area contributed by atoms with Gasteiger partial charge in [-0.3, -0.25) is 4.99 Å². The highest BCUT2D eigenvalue weighted by Gasteiger charge is 2.31. The minimum absolute atomic E-state index is 0.113. The molecule has 1 aliphatic rings. The molecule has 0 aromatic heterocycles. The Labute approximate surface area is 145 Å². The predicted molar refractivity (Wildman–Crippen MR) is 89.5 cm³/mol. The number of aliphatic hydroxyl groups is 1. The third-order valence-corrected chi connectivity index (χ3v) is 3.96. The Kier molecular flexibility index (Phi) is 6.92. The lowest BCUT2D eigenvalue weighted by Crippen LogP contribution is -2.42. The van der Waals surface area contributed by atoms with Crippen molar-refractivity contribution >= 4 is 5.96 Å². The first-order chi connectivity index (χ1) is 11.9. The van der Waals surface area contributed by atoms with E-state index in [9.17, 15) is 18.3 Å². The van der Waals surface area contributed by atoms with Gasteiger partial charge in [-0.15, -0.1) is 13.2 Å². The molecule has 1 atom stereocenters. The van der Waals surface area contributed by atoms with Crippen LogP contribution < -0.4 is 15.4 Å². The number of guanidine groups is 1. The van der Waals surface area contributed by atoms with Gasteiger partial charge in [0.1, 0.15) is 5.75 Å². The van der Waals surface area contributed by atoms with Gasteiger partial charge in [0, 0.05) is 12.6 Å². The van der Waals surface area contributed by atoms with Crippen LogP contribution in [-0.2, 0) is 0 Å². The Hall–Kier alpha value is -1.96. The van der Waals surface area contributed by atoms with Crippen LogP contribution in [0.1, 0.15) is 44.3 Å². The summed E-state index contributed by atoms with van der Waals surface area (Å²) in [5.74, 6) is 0.327. The summed E-state index contributed by atoms with van der Waals surface area (Å²) in [6.07, 6.45) is -1.02. The van der Waals surface area contributed by atoms with E-state index in [1.54, 1.807) is 0 Å². The van der Waals surface area contributed by atoms with Crippen molar-refractivity contribution < 1.29 is 23.0 Å². The molecule has 2 rings (SSSR count). The lowest BCUT2D eigenvalue weighted by Gasteiger charge is -2.17. The van der Waals surface area contributed by atoms with Gasteiger partial charge in [-0.25, -0.2) is 0 Å². The zero-order chi connectivity index (χ0) is 18.3. The molecule has 25 heavy (non-hydrogen) atoms. The molecule has 0 radical (unpaired) electrons. The second-order valence-corrected chi connectivity index (χ2v) is 5.98. The fourth-order valence-corrected chi connectivity index (χ4v) is 2.76. The maximum Gasteiger partial charge on any atom is 0.573 e. The molecule has 140 valence electrons. The molecule has 1 aromatic rings. The van der Waals surface area contributed by atoms with E-state index in [0.29, 0.717) is 24.1 Å². The first kappa shape index (κ1) is 19.4. The van der Waals surface area contributed by atoms with Crippen LogP contribution in [0.2, 0.25) is 0 Å². The molecule has 1 aromatic carbocycles.